The van der Waals surface area contributed by atoms with E-state index in [4.69, 9.17) is 9.72 Å². The number of aromatic hydroxyl groups is 1. The van der Waals surface area contributed by atoms with Crippen LogP contribution < -0.4 is 5.32 Å². The summed E-state index contributed by atoms with van der Waals surface area (Å²) in [6, 6.07) is 11.1. The lowest BCUT2D eigenvalue weighted by atomic mass is 9.86. The van der Waals surface area contributed by atoms with Crippen molar-refractivity contribution in [2.24, 2.45) is 0 Å². The molecule has 6 nitrogen and oxygen atoms in total. The van der Waals surface area contributed by atoms with E-state index >= 15 is 0 Å². The highest BCUT2D eigenvalue weighted by Gasteiger charge is 2.26. The van der Waals surface area contributed by atoms with Gasteiger partial charge in [-0.1, -0.05) is 12.1 Å². The van der Waals surface area contributed by atoms with Gasteiger partial charge in [0, 0.05) is 59.4 Å². The summed E-state index contributed by atoms with van der Waals surface area (Å²) in [5, 5.41) is 14.2. The van der Waals surface area contributed by atoms with Gasteiger partial charge in [-0.3, -0.25) is 9.00 Å². The standard InChI is InChI=1S/C24H25FN2O4S/c1-32(30)13-10-26-24(29)23-20-14-18(28)6-7-19(20)21(15-2-4-17(25)5-3-15)22(27-23)16-8-11-31-12-9-16/h2-7,14,16,28H,8-13H2,1H3,(H,26,29). The summed E-state index contributed by atoms with van der Waals surface area (Å²) in [7, 11) is -1.03. The van der Waals surface area contributed by atoms with Crippen molar-refractivity contribution in [1.82, 2.24) is 10.3 Å². The van der Waals surface area contributed by atoms with E-state index < -0.39 is 10.8 Å². The fraction of sp³-hybridized carbons (Fsp3) is 0.333. The van der Waals surface area contributed by atoms with Crippen molar-refractivity contribution in [3.05, 3.63) is 59.7 Å². The Morgan fingerprint density at radius 3 is 2.59 bits per heavy atom. The third-order valence-electron chi connectivity index (χ3n) is 5.65. The van der Waals surface area contributed by atoms with Crippen molar-refractivity contribution in [3.8, 4) is 16.9 Å². The summed E-state index contributed by atoms with van der Waals surface area (Å²) >= 11 is 0. The van der Waals surface area contributed by atoms with Crippen LogP contribution in [0.4, 0.5) is 4.39 Å². The van der Waals surface area contributed by atoms with Crippen LogP contribution in [-0.2, 0) is 15.5 Å². The summed E-state index contributed by atoms with van der Waals surface area (Å²) < 4.78 is 30.5. The van der Waals surface area contributed by atoms with E-state index in [1.165, 1.54) is 18.2 Å². The van der Waals surface area contributed by atoms with Crippen LogP contribution in [0.5, 0.6) is 5.75 Å². The maximum absolute atomic E-state index is 13.6. The summed E-state index contributed by atoms with van der Waals surface area (Å²) in [5.41, 5.74) is 2.61. The Morgan fingerprint density at radius 2 is 1.91 bits per heavy atom. The number of hydrogen-bond acceptors (Lipinski definition) is 5. The van der Waals surface area contributed by atoms with Gasteiger partial charge in [-0.25, -0.2) is 9.37 Å². The van der Waals surface area contributed by atoms with Gasteiger partial charge in [0.2, 0.25) is 0 Å². The van der Waals surface area contributed by atoms with Gasteiger partial charge >= 0.3 is 0 Å². The van der Waals surface area contributed by atoms with Crippen molar-refractivity contribution in [1.29, 1.82) is 0 Å². The maximum atomic E-state index is 13.6. The lowest BCUT2D eigenvalue weighted by molar-refractivity contribution is 0.0845. The first-order valence-corrected chi connectivity index (χ1v) is 12.3. The van der Waals surface area contributed by atoms with Crippen molar-refractivity contribution in [3.63, 3.8) is 0 Å². The SMILES string of the molecule is CS(=O)CCNC(=O)c1nc(C2CCOCC2)c(-c2ccc(F)cc2)c2ccc(O)cc12. The Hall–Kier alpha value is -2.84. The largest absolute Gasteiger partial charge is 0.508 e. The van der Waals surface area contributed by atoms with Crippen LogP contribution in [0.3, 0.4) is 0 Å². The molecule has 0 aliphatic carbocycles. The molecule has 0 saturated carbocycles. The molecule has 1 aliphatic rings. The minimum absolute atomic E-state index is 0.0203. The molecule has 8 heteroatoms. The number of ether oxygens (including phenoxy) is 1. The predicted molar refractivity (Wildman–Crippen MR) is 123 cm³/mol. The fourth-order valence-corrected chi connectivity index (χ4v) is 4.46. The fourth-order valence-electron chi connectivity index (χ4n) is 4.07. The molecule has 2 aromatic carbocycles. The molecule has 32 heavy (non-hydrogen) atoms. The Kier molecular flexibility index (Phi) is 6.81. The molecule has 1 unspecified atom stereocenters. The van der Waals surface area contributed by atoms with E-state index in [1.807, 2.05) is 0 Å². The number of rotatable bonds is 6. The van der Waals surface area contributed by atoms with E-state index in [9.17, 15) is 18.5 Å². The lowest BCUT2D eigenvalue weighted by Crippen LogP contribution is -2.29. The molecule has 168 valence electrons. The van der Waals surface area contributed by atoms with Crippen LogP contribution in [0.2, 0.25) is 0 Å². The number of phenolic OH excluding ortho intramolecular Hbond substituents is 1. The Morgan fingerprint density at radius 1 is 1.19 bits per heavy atom. The minimum atomic E-state index is -1.03. The number of hydrogen-bond donors (Lipinski definition) is 2. The summed E-state index contributed by atoms with van der Waals surface area (Å²) in [4.78, 5) is 17.9. The minimum Gasteiger partial charge on any atom is -0.508 e. The number of carbonyl (C=O) groups excluding carboxylic acids is 1. The summed E-state index contributed by atoms with van der Waals surface area (Å²) in [5.74, 6) is -0.274. The van der Waals surface area contributed by atoms with E-state index in [0.29, 0.717) is 24.4 Å². The molecular formula is C24H25FN2O4S. The van der Waals surface area contributed by atoms with Gasteiger partial charge in [0.1, 0.15) is 17.3 Å². The topological polar surface area (TPSA) is 88.5 Å². The maximum Gasteiger partial charge on any atom is 0.270 e. The summed E-state index contributed by atoms with van der Waals surface area (Å²) in [6.45, 7) is 1.47. The first-order valence-electron chi connectivity index (χ1n) is 10.5. The lowest BCUT2D eigenvalue weighted by Gasteiger charge is -2.26. The Balaban J connectivity index is 1.91. The smallest absolute Gasteiger partial charge is 0.270 e. The molecule has 1 atom stereocenters. The number of nitrogens with zero attached hydrogens (tertiary/aromatic N) is 1. The normalized spacial score (nSPS) is 15.6. The van der Waals surface area contributed by atoms with E-state index in [1.54, 1.807) is 30.5 Å². The van der Waals surface area contributed by atoms with Crippen molar-refractivity contribution < 1.29 is 23.2 Å². The molecule has 2 N–H and O–H groups in total. The quantitative estimate of drug-likeness (QED) is 0.590. The van der Waals surface area contributed by atoms with Crippen LogP contribution in [0.1, 0.15) is 34.9 Å². The Bertz CT molecular complexity index is 1160. The molecule has 1 aliphatic heterocycles. The number of fused-ring (bicyclic) bond motifs is 1. The number of benzene rings is 2. The zero-order chi connectivity index (χ0) is 22.7. The molecule has 2 heterocycles. The van der Waals surface area contributed by atoms with Gasteiger partial charge < -0.3 is 15.2 Å². The third kappa shape index (κ3) is 4.81. The number of amides is 1. The molecule has 0 spiro atoms. The zero-order valence-corrected chi connectivity index (χ0v) is 18.6. The van der Waals surface area contributed by atoms with Crippen LogP contribution in [0.25, 0.3) is 21.9 Å². The number of halogens is 1. The first kappa shape index (κ1) is 22.4. The zero-order valence-electron chi connectivity index (χ0n) is 17.8. The van der Waals surface area contributed by atoms with E-state index in [-0.39, 0.29) is 35.6 Å². The molecular weight excluding hydrogens is 431 g/mol. The average Bonchev–Trinajstić information content (AvgIpc) is 2.79. The number of nitrogens with one attached hydrogen (secondary N) is 1. The van der Waals surface area contributed by atoms with E-state index in [2.05, 4.69) is 5.32 Å². The second-order valence-corrected chi connectivity index (χ2v) is 9.43. The molecule has 1 fully saturated rings. The second kappa shape index (κ2) is 9.75. The van der Waals surface area contributed by atoms with E-state index in [0.717, 1.165) is 35.0 Å². The average molecular weight is 457 g/mol. The van der Waals surface area contributed by atoms with Gasteiger partial charge in [-0.05, 0) is 54.1 Å². The summed E-state index contributed by atoms with van der Waals surface area (Å²) in [6.07, 6.45) is 3.11. The van der Waals surface area contributed by atoms with Crippen LogP contribution in [0, 0.1) is 5.82 Å². The van der Waals surface area contributed by atoms with Gasteiger partial charge in [0.25, 0.3) is 5.91 Å². The molecule has 0 radical (unpaired) electrons. The number of carbonyl (C=O) groups is 1. The third-order valence-corrected chi connectivity index (χ3v) is 6.43. The predicted octanol–water partition coefficient (Wildman–Crippen LogP) is 3.75. The molecule has 1 saturated heterocycles. The highest BCUT2D eigenvalue weighted by Crippen LogP contribution is 2.40. The first-order chi connectivity index (χ1) is 15.4. The molecule has 1 amide bonds. The molecule has 4 rings (SSSR count). The number of aromatic nitrogens is 1. The van der Waals surface area contributed by atoms with Crippen molar-refractivity contribution in [2.75, 3.05) is 31.8 Å². The van der Waals surface area contributed by atoms with Crippen LogP contribution >= 0.6 is 0 Å². The van der Waals surface area contributed by atoms with Gasteiger partial charge in [0.05, 0.1) is 5.69 Å². The number of phenols is 1. The van der Waals surface area contributed by atoms with Gasteiger partial charge in [-0.2, -0.15) is 0 Å². The highest BCUT2D eigenvalue weighted by molar-refractivity contribution is 7.84. The van der Waals surface area contributed by atoms with Crippen molar-refractivity contribution in [2.45, 2.75) is 18.8 Å². The van der Waals surface area contributed by atoms with Gasteiger partial charge in [0.15, 0.2) is 0 Å². The number of pyridine rings is 1. The highest BCUT2D eigenvalue weighted by atomic mass is 32.2. The van der Waals surface area contributed by atoms with Gasteiger partial charge in [-0.15, -0.1) is 0 Å². The molecule has 0 bridgehead atoms. The molecule has 3 aromatic rings. The van der Waals surface area contributed by atoms with Crippen molar-refractivity contribution >= 4 is 27.5 Å². The van der Waals surface area contributed by atoms with Crippen LogP contribution in [0.15, 0.2) is 42.5 Å². The second-order valence-electron chi connectivity index (χ2n) is 7.88. The monoisotopic (exact) mass is 456 g/mol. The molecule has 1 aromatic heterocycles. The Labute approximate surface area is 188 Å². The van der Waals surface area contributed by atoms with Crippen LogP contribution in [-0.4, -0.2) is 52.0 Å².